The summed E-state index contributed by atoms with van der Waals surface area (Å²) in [6, 6.07) is 64.0. The molecular formula is C52H28. The average Bonchev–Trinajstić information content (AvgIpc) is 3.71. The molecule has 0 heteroatoms. The molecule has 2 aliphatic carbocycles. The van der Waals surface area contributed by atoms with E-state index in [0.29, 0.717) is 0 Å². The second-order valence-electron chi connectivity index (χ2n) is 14.7. The van der Waals surface area contributed by atoms with Gasteiger partial charge in [0.2, 0.25) is 0 Å². The Bertz CT molecular complexity index is 3150. The summed E-state index contributed by atoms with van der Waals surface area (Å²) in [5.41, 5.74) is 15.9. The summed E-state index contributed by atoms with van der Waals surface area (Å²) >= 11 is 0. The fraction of sp³-hybridized carbons (Fsp3) is 0. The van der Waals surface area contributed by atoms with Crippen LogP contribution in [0.3, 0.4) is 0 Å². The first-order valence-electron chi connectivity index (χ1n) is 18.3. The molecule has 0 N–H and O–H groups in total. The first kappa shape index (κ1) is 27.0. The van der Waals surface area contributed by atoms with E-state index < -0.39 is 0 Å². The Kier molecular flexibility index (Phi) is 4.94. The van der Waals surface area contributed by atoms with E-state index in [1.54, 1.807) is 0 Å². The zero-order valence-corrected chi connectivity index (χ0v) is 28.2. The molecule has 0 unspecified atom stereocenters. The zero-order chi connectivity index (χ0) is 33.7. The van der Waals surface area contributed by atoms with Crippen LogP contribution in [0.1, 0.15) is 0 Å². The predicted molar refractivity (Wildman–Crippen MR) is 222 cm³/mol. The summed E-state index contributed by atoms with van der Waals surface area (Å²) in [5, 5.41) is 16.1. The molecule has 0 bridgehead atoms. The lowest BCUT2D eigenvalue weighted by Gasteiger charge is -2.20. The van der Waals surface area contributed by atoms with Gasteiger partial charge in [0.1, 0.15) is 0 Å². The highest BCUT2D eigenvalue weighted by Crippen LogP contribution is 2.60. The van der Waals surface area contributed by atoms with Gasteiger partial charge >= 0.3 is 0 Å². The van der Waals surface area contributed by atoms with E-state index >= 15 is 0 Å². The number of rotatable bonds is 2. The van der Waals surface area contributed by atoms with Gasteiger partial charge in [-0.3, -0.25) is 0 Å². The molecular weight excluding hydrogens is 625 g/mol. The van der Waals surface area contributed by atoms with Gasteiger partial charge in [0.15, 0.2) is 0 Å². The van der Waals surface area contributed by atoms with E-state index in [-0.39, 0.29) is 0 Å². The highest BCUT2D eigenvalue weighted by atomic mass is 14.3. The number of fused-ring (bicyclic) bond motifs is 10. The third-order valence-electron chi connectivity index (χ3n) is 12.2. The summed E-state index contributed by atoms with van der Waals surface area (Å²) in [7, 11) is 0. The lowest BCUT2D eigenvalue weighted by Crippen LogP contribution is -1.93. The summed E-state index contributed by atoms with van der Waals surface area (Å²) in [6.07, 6.45) is 0. The van der Waals surface area contributed by atoms with E-state index in [4.69, 9.17) is 0 Å². The molecule has 52 heavy (non-hydrogen) atoms. The molecule has 0 amide bonds. The number of hydrogen-bond acceptors (Lipinski definition) is 0. The highest BCUT2D eigenvalue weighted by molar-refractivity contribution is 6.41. The Balaban J connectivity index is 1.19. The molecule has 0 spiro atoms. The van der Waals surface area contributed by atoms with Crippen LogP contribution >= 0.6 is 0 Å². The summed E-state index contributed by atoms with van der Waals surface area (Å²) in [6.45, 7) is 0. The molecule has 0 saturated heterocycles. The normalized spacial score (nSPS) is 12.6. The molecule has 2 aliphatic rings. The van der Waals surface area contributed by atoms with Crippen molar-refractivity contribution in [2.24, 2.45) is 0 Å². The minimum absolute atomic E-state index is 1.26. The van der Waals surface area contributed by atoms with Crippen LogP contribution in [0.15, 0.2) is 170 Å². The second-order valence-corrected chi connectivity index (χ2v) is 14.7. The fourth-order valence-corrected chi connectivity index (χ4v) is 10.2. The van der Waals surface area contributed by atoms with E-state index in [9.17, 15) is 0 Å². The molecule has 0 aromatic heterocycles. The Morgan fingerprint density at radius 2 is 0.577 bits per heavy atom. The summed E-state index contributed by atoms with van der Waals surface area (Å²) < 4.78 is 0. The molecule has 0 fully saturated rings. The van der Waals surface area contributed by atoms with Crippen LogP contribution in [0.25, 0.3) is 131 Å². The average molecular weight is 653 g/mol. The topological polar surface area (TPSA) is 0 Å². The van der Waals surface area contributed by atoms with Crippen molar-refractivity contribution in [3.05, 3.63) is 170 Å². The van der Waals surface area contributed by atoms with Crippen molar-refractivity contribution in [3.8, 4) is 66.8 Å². The zero-order valence-electron chi connectivity index (χ0n) is 28.2. The van der Waals surface area contributed by atoms with Gasteiger partial charge in [-0.25, -0.2) is 0 Å². The van der Waals surface area contributed by atoms with Crippen LogP contribution in [0.5, 0.6) is 0 Å². The molecule has 0 atom stereocenters. The molecule has 0 saturated carbocycles. The largest absolute Gasteiger partial charge is 0.0622 e. The number of benzene rings is 11. The maximum atomic E-state index is 2.43. The Morgan fingerprint density at radius 3 is 1.02 bits per heavy atom. The second kappa shape index (κ2) is 9.51. The first-order chi connectivity index (χ1) is 25.8. The molecule has 13 rings (SSSR count). The van der Waals surface area contributed by atoms with Crippen LogP contribution in [-0.4, -0.2) is 0 Å². The lowest BCUT2D eigenvalue weighted by atomic mass is 9.82. The molecule has 0 radical (unpaired) electrons. The molecule has 0 heterocycles. The smallest absolute Gasteiger partial charge is 0.000740 e. The minimum atomic E-state index is 1.26. The molecule has 236 valence electrons. The predicted octanol–water partition coefficient (Wildman–Crippen LogP) is 14.7. The van der Waals surface area contributed by atoms with E-state index in [1.165, 1.54) is 131 Å². The van der Waals surface area contributed by atoms with Crippen molar-refractivity contribution in [2.75, 3.05) is 0 Å². The van der Waals surface area contributed by atoms with Crippen LogP contribution < -0.4 is 0 Å². The maximum absolute atomic E-state index is 2.43. The van der Waals surface area contributed by atoms with Gasteiger partial charge in [-0.15, -0.1) is 0 Å². The maximum Gasteiger partial charge on any atom is -0.000740 e. The van der Waals surface area contributed by atoms with E-state index in [2.05, 4.69) is 170 Å². The van der Waals surface area contributed by atoms with Crippen molar-refractivity contribution < 1.29 is 0 Å². The Labute approximate surface area is 300 Å². The minimum Gasteiger partial charge on any atom is -0.0622 e. The van der Waals surface area contributed by atoms with Gasteiger partial charge in [-0.2, -0.15) is 0 Å². The van der Waals surface area contributed by atoms with Crippen LogP contribution in [0, 0.1) is 0 Å². The van der Waals surface area contributed by atoms with Crippen LogP contribution in [0.4, 0.5) is 0 Å². The fourth-order valence-electron chi connectivity index (χ4n) is 10.2. The first-order valence-corrected chi connectivity index (χ1v) is 18.3. The van der Waals surface area contributed by atoms with Gasteiger partial charge in [-0.05, 0) is 144 Å². The van der Waals surface area contributed by atoms with Crippen molar-refractivity contribution in [3.63, 3.8) is 0 Å². The van der Waals surface area contributed by atoms with Crippen molar-refractivity contribution in [1.82, 2.24) is 0 Å². The van der Waals surface area contributed by atoms with Gasteiger partial charge in [0.25, 0.3) is 0 Å². The highest BCUT2D eigenvalue weighted by Gasteiger charge is 2.33. The number of hydrogen-bond donors (Lipinski definition) is 0. The van der Waals surface area contributed by atoms with Gasteiger partial charge in [0.05, 0.1) is 0 Å². The SMILES string of the molecule is c1ccc(-c2c3c(c(-c4ccccc4)c4ccccc24)-c2ccc4c5ccc6c7c(ccc(c8ccc-3c2c84)c75)-c2cc3ccccc3cc2-6)cc1. The molecule has 0 nitrogen and oxygen atoms in total. The van der Waals surface area contributed by atoms with Crippen molar-refractivity contribution in [2.45, 2.75) is 0 Å². The van der Waals surface area contributed by atoms with Crippen LogP contribution in [-0.2, 0) is 0 Å². The quantitative estimate of drug-likeness (QED) is 0.129. The summed E-state index contributed by atoms with van der Waals surface area (Å²) in [5.74, 6) is 0. The van der Waals surface area contributed by atoms with Crippen molar-refractivity contribution in [1.29, 1.82) is 0 Å². The third kappa shape index (κ3) is 3.20. The van der Waals surface area contributed by atoms with Gasteiger partial charge in [-0.1, -0.05) is 158 Å². The molecule has 11 aromatic carbocycles. The van der Waals surface area contributed by atoms with E-state index in [0.717, 1.165) is 0 Å². The molecule has 11 aromatic rings. The monoisotopic (exact) mass is 652 g/mol. The lowest BCUT2D eigenvalue weighted by molar-refractivity contribution is 1.62. The molecule has 0 aliphatic heterocycles. The Hall–Kier alpha value is -6.76. The van der Waals surface area contributed by atoms with Crippen LogP contribution in [0.2, 0.25) is 0 Å². The van der Waals surface area contributed by atoms with Gasteiger partial charge < -0.3 is 0 Å². The third-order valence-corrected chi connectivity index (χ3v) is 12.2. The van der Waals surface area contributed by atoms with Gasteiger partial charge in [0, 0.05) is 0 Å². The Morgan fingerprint density at radius 1 is 0.212 bits per heavy atom. The standard InChI is InChI=1S/C52H28/c1-3-11-29(12-4-1)45-33-17-9-10-18-34(33)46(30-13-5-2-6-14-30)52-42-26-24-38-36-20-22-40-44-28-32-16-8-7-15-31(32)27-43(44)39-21-19-35(47(36)49(39)40)37-23-25-41(51(45)52)50(42)48(37)38/h1-28H. The summed E-state index contributed by atoms with van der Waals surface area (Å²) in [4.78, 5) is 0. The van der Waals surface area contributed by atoms with Crippen molar-refractivity contribution >= 4 is 64.6 Å². The van der Waals surface area contributed by atoms with E-state index in [1.807, 2.05) is 0 Å².